The summed E-state index contributed by atoms with van der Waals surface area (Å²) < 4.78 is 2.09. The second-order valence-electron chi connectivity index (χ2n) is 3.21. The molecule has 3 heteroatoms. The van der Waals surface area contributed by atoms with Gasteiger partial charge in [-0.15, -0.1) is 0 Å². The predicted octanol–water partition coefficient (Wildman–Crippen LogP) is 1.85. The van der Waals surface area contributed by atoms with Crippen molar-refractivity contribution < 1.29 is 4.79 Å². The third-order valence-corrected chi connectivity index (χ3v) is 4.32. The van der Waals surface area contributed by atoms with Crippen LogP contribution in [-0.2, 0) is 0 Å². The normalized spacial score (nSPS) is 11.0. The number of hydrogen-bond donors (Lipinski definition) is 0. The van der Waals surface area contributed by atoms with Crippen LogP contribution < -0.4 is 0 Å². The number of carbonyl (C=O) groups excluding carboxylic acids is 1. The molecule has 1 heterocycles. The van der Waals surface area contributed by atoms with Crippen molar-refractivity contribution in [1.29, 1.82) is 0 Å². The fraction of sp³-hybridized carbons (Fsp3) is 0.200. The number of aromatic nitrogens is 1. The van der Waals surface area contributed by atoms with E-state index in [0.717, 1.165) is 0 Å². The Bertz CT molecular complexity index is 306. The molecular formula is C10H13NOSn. The molecule has 2 nitrogen and oxygen atoms in total. The molecule has 0 aliphatic rings. The van der Waals surface area contributed by atoms with Crippen LogP contribution in [0.15, 0.2) is 34.7 Å². The van der Waals surface area contributed by atoms with E-state index < -0.39 is 19.8 Å². The predicted molar refractivity (Wildman–Crippen MR) is 56.6 cm³/mol. The molecule has 1 rings (SSSR count). The minimum atomic E-state index is -1.37. The standard InChI is InChI=1S/C8H6NO.2CH3.Sn.H/c1-2-8(10)7-4-3-5-9-6-7;;;;/h1-6H;2*1H3;;. The van der Waals surface area contributed by atoms with Crippen LogP contribution in [0.25, 0.3) is 0 Å². The summed E-state index contributed by atoms with van der Waals surface area (Å²) in [5.74, 6) is 0.0681. The molecule has 0 bridgehead atoms. The van der Waals surface area contributed by atoms with E-state index in [1.165, 1.54) is 0 Å². The van der Waals surface area contributed by atoms with E-state index in [9.17, 15) is 4.79 Å². The zero-order valence-electron chi connectivity index (χ0n) is 7.90. The third kappa shape index (κ3) is 3.72. The second-order valence-corrected chi connectivity index (χ2v) is 11.4. The van der Waals surface area contributed by atoms with E-state index in [0.29, 0.717) is 5.56 Å². The Hall–Kier alpha value is -0.641. The van der Waals surface area contributed by atoms with Crippen molar-refractivity contribution in [3.8, 4) is 0 Å². The first-order chi connectivity index (χ1) is 6.20. The molecule has 0 aromatic carbocycles. The SMILES string of the molecule is [CH3][SnH]([CH3])/[CH]=C/C(=O)c1cccnc1. The van der Waals surface area contributed by atoms with Gasteiger partial charge in [0.1, 0.15) is 0 Å². The molecular weight excluding hydrogens is 269 g/mol. The van der Waals surface area contributed by atoms with Crippen molar-refractivity contribution in [2.24, 2.45) is 0 Å². The summed E-state index contributed by atoms with van der Waals surface area (Å²) in [7, 11) is 0. The number of rotatable bonds is 3. The Labute approximate surface area is 85.4 Å². The number of hydrogen-bond acceptors (Lipinski definition) is 2. The molecule has 0 saturated carbocycles. The van der Waals surface area contributed by atoms with Gasteiger partial charge < -0.3 is 0 Å². The first-order valence-electron chi connectivity index (χ1n) is 4.32. The fourth-order valence-corrected chi connectivity index (χ4v) is 2.48. The summed E-state index contributed by atoms with van der Waals surface area (Å²) in [4.78, 5) is 19.8. The van der Waals surface area contributed by atoms with Crippen molar-refractivity contribution >= 4 is 25.5 Å². The molecule has 0 aliphatic heterocycles. The summed E-state index contributed by atoms with van der Waals surface area (Å²) in [6.07, 6.45) is 4.96. The molecule has 1 aromatic rings. The zero-order valence-corrected chi connectivity index (χ0v) is 11.2. The van der Waals surface area contributed by atoms with Gasteiger partial charge in [0.2, 0.25) is 0 Å². The van der Waals surface area contributed by atoms with Gasteiger partial charge in [-0.2, -0.15) is 0 Å². The maximum atomic E-state index is 11.5. The maximum absolute atomic E-state index is 11.5. The zero-order chi connectivity index (χ0) is 9.68. The molecule has 0 unspecified atom stereocenters. The van der Waals surface area contributed by atoms with Gasteiger partial charge >= 0.3 is 85.5 Å². The van der Waals surface area contributed by atoms with Crippen molar-refractivity contribution in [2.45, 2.75) is 9.88 Å². The number of ketones is 1. The van der Waals surface area contributed by atoms with Gasteiger partial charge in [-0.1, -0.05) is 0 Å². The summed E-state index contributed by atoms with van der Waals surface area (Å²) in [5.41, 5.74) is 0.672. The molecule has 0 fully saturated rings. The van der Waals surface area contributed by atoms with Gasteiger partial charge in [-0.05, 0) is 0 Å². The van der Waals surface area contributed by atoms with Crippen LogP contribution in [-0.4, -0.2) is 30.5 Å². The first-order valence-corrected chi connectivity index (χ1v) is 12.8. The monoisotopic (exact) mass is 283 g/mol. The summed E-state index contributed by atoms with van der Waals surface area (Å²) >= 11 is -1.37. The van der Waals surface area contributed by atoms with Gasteiger partial charge in [-0.3, -0.25) is 0 Å². The molecule has 0 spiro atoms. The first kappa shape index (κ1) is 10.4. The molecule has 13 heavy (non-hydrogen) atoms. The molecule has 0 amide bonds. The van der Waals surface area contributed by atoms with Gasteiger partial charge in [0.15, 0.2) is 0 Å². The van der Waals surface area contributed by atoms with E-state index in [1.807, 2.05) is 0 Å². The Morgan fingerprint density at radius 1 is 1.54 bits per heavy atom. The van der Waals surface area contributed by atoms with E-state index in [-0.39, 0.29) is 5.78 Å². The van der Waals surface area contributed by atoms with Crippen molar-refractivity contribution in [3.05, 3.63) is 40.3 Å². The van der Waals surface area contributed by atoms with Crippen LogP contribution in [0.2, 0.25) is 9.88 Å². The minimum absolute atomic E-state index is 0.0681. The number of carbonyl (C=O) groups is 1. The van der Waals surface area contributed by atoms with Gasteiger partial charge in [0.05, 0.1) is 0 Å². The van der Waals surface area contributed by atoms with Crippen LogP contribution in [0, 0.1) is 0 Å². The van der Waals surface area contributed by atoms with E-state index >= 15 is 0 Å². The van der Waals surface area contributed by atoms with Crippen LogP contribution >= 0.6 is 0 Å². The molecule has 0 atom stereocenters. The Balaban J connectivity index is 2.70. The van der Waals surface area contributed by atoms with Gasteiger partial charge in [-0.25, -0.2) is 0 Å². The van der Waals surface area contributed by atoms with Crippen LogP contribution in [0.5, 0.6) is 0 Å². The number of pyridine rings is 1. The van der Waals surface area contributed by atoms with Crippen molar-refractivity contribution in [2.75, 3.05) is 0 Å². The van der Waals surface area contributed by atoms with Crippen LogP contribution in [0.1, 0.15) is 10.4 Å². The van der Waals surface area contributed by atoms with E-state index in [4.69, 9.17) is 0 Å². The average Bonchev–Trinajstić information content (AvgIpc) is 2.15. The summed E-state index contributed by atoms with van der Waals surface area (Å²) in [5, 5.41) is 0. The molecule has 0 saturated heterocycles. The Morgan fingerprint density at radius 3 is 2.85 bits per heavy atom. The van der Waals surface area contributed by atoms with Gasteiger partial charge in [0, 0.05) is 0 Å². The third-order valence-electron chi connectivity index (χ3n) is 1.58. The quantitative estimate of drug-likeness (QED) is 0.481. The number of allylic oxidation sites excluding steroid dienone is 1. The van der Waals surface area contributed by atoms with Crippen LogP contribution in [0.4, 0.5) is 0 Å². The topological polar surface area (TPSA) is 30.0 Å². The Kier molecular flexibility index (Phi) is 4.15. The molecule has 0 N–H and O–H groups in total. The average molecular weight is 282 g/mol. The van der Waals surface area contributed by atoms with E-state index in [2.05, 4.69) is 19.0 Å². The second kappa shape index (κ2) is 5.17. The number of nitrogens with zero attached hydrogens (tertiary/aromatic N) is 1. The van der Waals surface area contributed by atoms with Crippen molar-refractivity contribution in [1.82, 2.24) is 4.98 Å². The summed E-state index contributed by atoms with van der Waals surface area (Å²) in [6, 6.07) is 3.56. The Morgan fingerprint density at radius 2 is 2.31 bits per heavy atom. The fourth-order valence-electron chi connectivity index (χ4n) is 0.885. The van der Waals surface area contributed by atoms with E-state index in [1.54, 1.807) is 30.6 Å². The van der Waals surface area contributed by atoms with Gasteiger partial charge in [0.25, 0.3) is 0 Å². The molecule has 0 aliphatic carbocycles. The van der Waals surface area contributed by atoms with Crippen molar-refractivity contribution in [3.63, 3.8) is 0 Å². The summed E-state index contributed by atoms with van der Waals surface area (Å²) in [6.45, 7) is 0. The molecule has 1 aromatic heterocycles. The molecule has 0 radical (unpaired) electrons. The molecule has 68 valence electrons. The van der Waals surface area contributed by atoms with Crippen LogP contribution in [0.3, 0.4) is 0 Å².